The molecule has 1 aliphatic rings. The molecule has 1 fully saturated rings. The molecule has 0 radical (unpaired) electrons. The minimum atomic E-state index is 0.0254. The minimum Gasteiger partial charge on any atom is -0.457 e. The SMILES string of the molecule is O=C(c1ccccc1Oc1ccccc1)N1CCCCC(c2ccc(Cl)cc2)C1. The maximum atomic E-state index is 13.4. The number of ether oxygens (including phenoxy) is 1. The van der Waals surface area contributed by atoms with Crippen LogP contribution in [-0.4, -0.2) is 23.9 Å². The average molecular weight is 406 g/mol. The van der Waals surface area contributed by atoms with Crippen LogP contribution in [-0.2, 0) is 0 Å². The molecule has 4 heteroatoms. The quantitative estimate of drug-likeness (QED) is 0.493. The molecule has 1 heterocycles. The van der Waals surface area contributed by atoms with E-state index in [1.165, 1.54) is 5.56 Å². The summed E-state index contributed by atoms with van der Waals surface area (Å²) in [5.41, 5.74) is 1.84. The van der Waals surface area contributed by atoms with Crippen LogP contribution >= 0.6 is 11.6 Å². The van der Waals surface area contributed by atoms with E-state index in [0.29, 0.717) is 23.8 Å². The van der Waals surface area contributed by atoms with Crippen molar-refractivity contribution in [3.63, 3.8) is 0 Å². The fourth-order valence-electron chi connectivity index (χ4n) is 3.85. The Hall–Kier alpha value is -2.78. The van der Waals surface area contributed by atoms with E-state index < -0.39 is 0 Å². The maximum Gasteiger partial charge on any atom is 0.257 e. The molecule has 3 nitrogen and oxygen atoms in total. The first-order valence-electron chi connectivity index (χ1n) is 10.1. The Bertz CT molecular complexity index is 956. The van der Waals surface area contributed by atoms with Crippen molar-refractivity contribution in [2.24, 2.45) is 0 Å². The zero-order valence-electron chi connectivity index (χ0n) is 16.3. The molecule has 0 N–H and O–H groups in total. The summed E-state index contributed by atoms with van der Waals surface area (Å²) >= 11 is 6.05. The van der Waals surface area contributed by atoms with Crippen LogP contribution < -0.4 is 4.74 Å². The third-order valence-corrected chi connectivity index (χ3v) is 5.64. The van der Waals surface area contributed by atoms with E-state index in [0.717, 1.165) is 36.6 Å². The zero-order valence-corrected chi connectivity index (χ0v) is 17.0. The number of carbonyl (C=O) groups excluding carboxylic acids is 1. The molecule has 1 unspecified atom stereocenters. The molecular formula is C25H24ClNO2. The van der Waals surface area contributed by atoms with E-state index in [1.54, 1.807) is 0 Å². The van der Waals surface area contributed by atoms with Crippen molar-refractivity contribution in [3.05, 3.63) is 95.0 Å². The predicted octanol–water partition coefficient (Wildman–Crippen LogP) is 6.54. The van der Waals surface area contributed by atoms with Gasteiger partial charge in [-0.25, -0.2) is 0 Å². The van der Waals surface area contributed by atoms with Crippen LogP contribution in [0.25, 0.3) is 0 Å². The molecule has 29 heavy (non-hydrogen) atoms. The van der Waals surface area contributed by atoms with Gasteiger partial charge in [-0.15, -0.1) is 0 Å². The summed E-state index contributed by atoms with van der Waals surface area (Å²) in [7, 11) is 0. The maximum absolute atomic E-state index is 13.4. The number of rotatable bonds is 4. The lowest BCUT2D eigenvalue weighted by Gasteiger charge is -2.26. The molecule has 1 aliphatic heterocycles. The number of amides is 1. The van der Waals surface area contributed by atoms with E-state index in [2.05, 4.69) is 12.1 Å². The van der Waals surface area contributed by atoms with Gasteiger partial charge in [-0.05, 0) is 54.8 Å². The van der Waals surface area contributed by atoms with Gasteiger partial charge in [-0.2, -0.15) is 0 Å². The smallest absolute Gasteiger partial charge is 0.257 e. The van der Waals surface area contributed by atoms with Crippen LogP contribution in [0.5, 0.6) is 11.5 Å². The Kier molecular flexibility index (Phi) is 6.16. The highest BCUT2D eigenvalue weighted by atomic mass is 35.5. The molecular weight excluding hydrogens is 382 g/mol. The average Bonchev–Trinajstić information content (AvgIpc) is 3.01. The third kappa shape index (κ3) is 4.80. The van der Waals surface area contributed by atoms with Gasteiger partial charge in [-0.3, -0.25) is 4.79 Å². The molecule has 0 bridgehead atoms. The van der Waals surface area contributed by atoms with E-state index in [1.807, 2.05) is 71.6 Å². The number of likely N-dealkylation sites (tertiary alicyclic amines) is 1. The summed E-state index contributed by atoms with van der Waals surface area (Å²) in [4.78, 5) is 15.4. The number of hydrogen-bond donors (Lipinski definition) is 0. The fraction of sp³-hybridized carbons (Fsp3) is 0.240. The topological polar surface area (TPSA) is 29.5 Å². The second kappa shape index (κ2) is 9.15. The Morgan fingerprint density at radius 3 is 2.41 bits per heavy atom. The van der Waals surface area contributed by atoms with Crippen molar-refractivity contribution in [2.45, 2.75) is 25.2 Å². The van der Waals surface area contributed by atoms with Crippen LogP contribution in [0.15, 0.2) is 78.9 Å². The molecule has 4 rings (SSSR count). The van der Waals surface area contributed by atoms with Gasteiger partial charge < -0.3 is 9.64 Å². The van der Waals surface area contributed by atoms with Gasteiger partial charge in [0.05, 0.1) is 5.56 Å². The number of nitrogens with zero attached hydrogens (tertiary/aromatic N) is 1. The summed E-state index contributed by atoms with van der Waals surface area (Å²) in [6.45, 7) is 1.47. The highest BCUT2D eigenvalue weighted by molar-refractivity contribution is 6.30. The van der Waals surface area contributed by atoms with Crippen LogP contribution in [0.2, 0.25) is 5.02 Å². The van der Waals surface area contributed by atoms with Gasteiger partial charge in [0, 0.05) is 24.0 Å². The molecule has 1 saturated heterocycles. The normalized spacial score (nSPS) is 16.9. The largest absolute Gasteiger partial charge is 0.457 e. The van der Waals surface area contributed by atoms with Gasteiger partial charge in [-0.1, -0.05) is 60.5 Å². The number of hydrogen-bond acceptors (Lipinski definition) is 2. The minimum absolute atomic E-state index is 0.0254. The number of para-hydroxylation sites is 2. The molecule has 0 aliphatic carbocycles. The van der Waals surface area contributed by atoms with Crippen molar-refractivity contribution in [1.29, 1.82) is 0 Å². The predicted molar refractivity (Wildman–Crippen MR) is 117 cm³/mol. The summed E-state index contributed by atoms with van der Waals surface area (Å²) in [5, 5.41) is 0.738. The third-order valence-electron chi connectivity index (χ3n) is 5.39. The molecule has 0 spiro atoms. The summed E-state index contributed by atoms with van der Waals surface area (Å²) in [6.07, 6.45) is 3.20. The molecule has 1 atom stereocenters. The van der Waals surface area contributed by atoms with Gasteiger partial charge in [0.1, 0.15) is 11.5 Å². The number of benzene rings is 3. The van der Waals surface area contributed by atoms with Gasteiger partial charge in [0.15, 0.2) is 0 Å². The fourth-order valence-corrected chi connectivity index (χ4v) is 3.98. The van der Waals surface area contributed by atoms with Crippen LogP contribution in [0.3, 0.4) is 0 Å². The summed E-state index contributed by atoms with van der Waals surface area (Å²) in [5.74, 6) is 1.66. The highest BCUT2D eigenvalue weighted by Gasteiger charge is 2.26. The highest BCUT2D eigenvalue weighted by Crippen LogP contribution is 2.31. The Morgan fingerprint density at radius 2 is 1.62 bits per heavy atom. The van der Waals surface area contributed by atoms with Crippen molar-refractivity contribution < 1.29 is 9.53 Å². The molecule has 1 amide bonds. The molecule has 0 aromatic heterocycles. The van der Waals surface area contributed by atoms with Crippen molar-refractivity contribution >= 4 is 17.5 Å². The van der Waals surface area contributed by atoms with E-state index in [9.17, 15) is 4.79 Å². The van der Waals surface area contributed by atoms with Crippen LogP contribution in [0.1, 0.15) is 41.1 Å². The zero-order chi connectivity index (χ0) is 20.1. The van der Waals surface area contributed by atoms with Gasteiger partial charge in [0.25, 0.3) is 5.91 Å². The Balaban J connectivity index is 1.56. The molecule has 148 valence electrons. The van der Waals surface area contributed by atoms with Crippen molar-refractivity contribution in [1.82, 2.24) is 4.90 Å². The van der Waals surface area contributed by atoms with Gasteiger partial charge >= 0.3 is 0 Å². The second-order valence-corrected chi connectivity index (χ2v) is 7.84. The number of carbonyl (C=O) groups is 1. The van der Waals surface area contributed by atoms with E-state index in [4.69, 9.17) is 16.3 Å². The van der Waals surface area contributed by atoms with Crippen molar-refractivity contribution in [2.75, 3.05) is 13.1 Å². The lowest BCUT2D eigenvalue weighted by atomic mass is 9.94. The van der Waals surface area contributed by atoms with Gasteiger partial charge in [0.2, 0.25) is 0 Å². The summed E-state index contributed by atoms with van der Waals surface area (Å²) < 4.78 is 6.02. The lowest BCUT2D eigenvalue weighted by molar-refractivity contribution is 0.0752. The second-order valence-electron chi connectivity index (χ2n) is 7.41. The standard InChI is InChI=1S/C25H24ClNO2/c26-21-15-13-19(14-16-21)20-8-6-7-17-27(18-20)25(28)23-11-4-5-12-24(23)29-22-9-2-1-3-10-22/h1-5,9-16,20H,6-8,17-18H2. The molecule has 0 saturated carbocycles. The van der Waals surface area contributed by atoms with Crippen LogP contribution in [0, 0.1) is 0 Å². The molecule has 3 aromatic rings. The van der Waals surface area contributed by atoms with Crippen molar-refractivity contribution in [3.8, 4) is 11.5 Å². The number of halogens is 1. The van der Waals surface area contributed by atoms with E-state index in [-0.39, 0.29) is 5.91 Å². The first-order valence-corrected chi connectivity index (χ1v) is 10.4. The summed E-state index contributed by atoms with van der Waals surface area (Å²) in [6, 6.07) is 25.1. The lowest BCUT2D eigenvalue weighted by Crippen LogP contribution is -2.34. The monoisotopic (exact) mass is 405 g/mol. The van der Waals surface area contributed by atoms with E-state index >= 15 is 0 Å². The molecule has 3 aromatic carbocycles. The van der Waals surface area contributed by atoms with Crippen LogP contribution in [0.4, 0.5) is 0 Å². The Morgan fingerprint density at radius 1 is 0.897 bits per heavy atom. The first kappa shape index (κ1) is 19.5. The first-order chi connectivity index (χ1) is 14.2. The Labute approximate surface area is 176 Å².